The van der Waals surface area contributed by atoms with Crippen molar-refractivity contribution in [2.75, 3.05) is 6.61 Å². The molecule has 2 heterocycles. The summed E-state index contributed by atoms with van der Waals surface area (Å²) in [6.07, 6.45) is -0.154. The lowest BCUT2D eigenvalue weighted by Crippen LogP contribution is -2.33. The van der Waals surface area contributed by atoms with Crippen LogP contribution in [-0.4, -0.2) is 17.8 Å². The summed E-state index contributed by atoms with van der Waals surface area (Å²) >= 11 is 7.44. The van der Waals surface area contributed by atoms with Gasteiger partial charge in [0.1, 0.15) is 11.7 Å². The van der Waals surface area contributed by atoms with Crippen molar-refractivity contribution in [3.05, 3.63) is 57.2 Å². The molecule has 1 aliphatic rings. The van der Waals surface area contributed by atoms with Gasteiger partial charge < -0.3 is 9.84 Å². The third kappa shape index (κ3) is 1.89. The molecule has 0 spiro atoms. The van der Waals surface area contributed by atoms with E-state index in [-0.39, 0.29) is 6.10 Å². The average Bonchev–Trinajstić information content (AvgIpc) is 3.05. The summed E-state index contributed by atoms with van der Waals surface area (Å²) in [6, 6.07) is 9.21. The molecule has 1 N–H and O–H groups in total. The molecule has 2 nitrogen and oxygen atoms in total. The van der Waals surface area contributed by atoms with Crippen LogP contribution in [-0.2, 0) is 10.3 Å². The summed E-state index contributed by atoms with van der Waals surface area (Å²) in [6.45, 7) is 0.592. The molecule has 0 amide bonds. The van der Waals surface area contributed by atoms with Gasteiger partial charge >= 0.3 is 0 Å². The fourth-order valence-corrected chi connectivity index (χ4v) is 2.85. The molecule has 0 saturated carbocycles. The highest BCUT2D eigenvalue weighted by Crippen LogP contribution is 2.41. The molecular weight excluding hydrogens is 256 g/mol. The molecule has 3 rings (SSSR count). The summed E-state index contributed by atoms with van der Waals surface area (Å²) in [7, 11) is 0. The Labute approximate surface area is 108 Å². The van der Waals surface area contributed by atoms with Gasteiger partial charge in [0.15, 0.2) is 0 Å². The van der Waals surface area contributed by atoms with Gasteiger partial charge in [-0.1, -0.05) is 23.7 Å². The molecule has 2 unspecified atom stereocenters. The van der Waals surface area contributed by atoms with Crippen LogP contribution in [0.25, 0.3) is 0 Å². The molecule has 2 atom stereocenters. The second-order valence-corrected chi connectivity index (χ2v) is 5.32. The monoisotopic (exact) mass is 266 g/mol. The molecule has 4 heteroatoms. The number of epoxide rings is 1. The molecule has 2 aromatic rings. The van der Waals surface area contributed by atoms with Crippen LogP contribution in [0.15, 0.2) is 41.1 Å². The Hall–Kier alpha value is -0.870. The van der Waals surface area contributed by atoms with Crippen molar-refractivity contribution in [3.63, 3.8) is 0 Å². The highest BCUT2D eigenvalue weighted by Gasteiger charge is 2.48. The number of hydrogen-bond donors (Lipinski definition) is 1. The summed E-state index contributed by atoms with van der Waals surface area (Å²) in [5.41, 5.74) is 0.653. The predicted octanol–water partition coefficient (Wildman–Crippen LogP) is 3.04. The van der Waals surface area contributed by atoms with Crippen LogP contribution in [0.3, 0.4) is 0 Å². The van der Waals surface area contributed by atoms with Gasteiger partial charge in [0.05, 0.1) is 6.61 Å². The van der Waals surface area contributed by atoms with Gasteiger partial charge in [0.2, 0.25) is 0 Å². The summed E-state index contributed by atoms with van der Waals surface area (Å²) in [4.78, 5) is 0. The van der Waals surface area contributed by atoms with Crippen molar-refractivity contribution in [1.82, 2.24) is 0 Å². The summed E-state index contributed by atoms with van der Waals surface area (Å²) in [5.74, 6) is 0. The second-order valence-electron chi connectivity index (χ2n) is 4.11. The van der Waals surface area contributed by atoms with Crippen molar-refractivity contribution in [3.8, 4) is 0 Å². The standard InChI is InChI=1S/C13H11ClO2S/c14-11-3-1-9(2-4-11)13(15,12-7-16-12)10-5-6-17-8-10/h1-6,8,12,15H,7H2. The topological polar surface area (TPSA) is 32.8 Å². The highest BCUT2D eigenvalue weighted by molar-refractivity contribution is 7.08. The van der Waals surface area contributed by atoms with E-state index in [2.05, 4.69) is 0 Å². The largest absolute Gasteiger partial charge is 0.378 e. The van der Waals surface area contributed by atoms with E-state index in [0.29, 0.717) is 11.6 Å². The minimum absolute atomic E-state index is 0.154. The molecule has 1 fully saturated rings. The second kappa shape index (κ2) is 4.10. The fourth-order valence-electron chi connectivity index (χ4n) is 2.01. The van der Waals surface area contributed by atoms with Crippen LogP contribution in [0, 0.1) is 0 Å². The number of ether oxygens (including phenoxy) is 1. The number of aliphatic hydroxyl groups is 1. The molecule has 1 aromatic heterocycles. The van der Waals surface area contributed by atoms with Crippen LogP contribution in [0.2, 0.25) is 5.02 Å². The lowest BCUT2D eigenvalue weighted by Gasteiger charge is -2.26. The van der Waals surface area contributed by atoms with Crippen LogP contribution in [0.1, 0.15) is 11.1 Å². The molecule has 0 aliphatic carbocycles. The maximum absolute atomic E-state index is 10.9. The van der Waals surface area contributed by atoms with Crippen molar-refractivity contribution in [1.29, 1.82) is 0 Å². The maximum Gasteiger partial charge on any atom is 0.144 e. The lowest BCUT2D eigenvalue weighted by atomic mass is 9.85. The van der Waals surface area contributed by atoms with Crippen LogP contribution >= 0.6 is 22.9 Å². The maximum atomic E-state index is 10.9. The summed E-state index contributed by atoms with van der Waals surface area (Å²) < 4.78 is 5.30. The first-order chi connectivity index (χ1) is 8.21. The number of hydrogen-bond acceptors (Lipinski definition) is 3. The van der Waals surface area contributed by atoms with Gasteiger partial charge in [-0.05, 0) is 34.5 Å². The van der Waals surface area contributed by atoms with E-state index in [9.17, 15) is 5.11 Å². The van der Waals surface area contributed by atoms with Crippen molar-refractivity contribution in [2.45, 2.75) is 11.7 Å². The molecular formula is C13H11ClO2S. The van der Waals surface area contributed by atoms with Gasteiger partial charge in [-0.15, -0.1) is 0 Å². The van der Waals surface area contributed by atoms with Crippen molar-refractivity contribution >= 4 is 22.9 Å². The Morgan fingerprint density at radius 3 is 2.47 bits per heavy atom. The zero-order valence-electron chi connectivity index (χ0n) is 8.97. The molecule has 17 heavy (non-hydrogen) atoms. The molecule has 1 aliphatic heterocycles. The SMILES string of the molecule is OC(c1ccc(Cl)cc1)(c1ccsc1)C1CO1. The Balaban J connectivity index is 2.08. The van der Waals surface area contributed by atoms with E-state index < -0.39 is 5.60 Å². The third-order valence-corrected chi connectivity index (χ3v) is 3.98. The Morgan fingerprint density at radius 2 is 1.94 bits per heavy atom. The number of thiophene rings is 1. The first kappa shape index (κ1) is 11.2. The Bertz CT molecular complexity index is 505. The quantitative estimate of drug-likeness (QED) is 0.866. The van der Waals surface area contributed by atoms with E-state index in [4.69, 9.17) is 16.3 Å². The van der Waals surface area contributed by atoms with E-state index in [1.165, 1.54) is 0 Å². The van der Waals surface area contributed by atoms with E-state index >= 15 is 0 Å². The molecule has 1 saturated heterocycles. The molecule has 0 bridgehead atoms. The first-order valence-corrected chi connectivity index (χ1v) is 6.66. The number of benzene rings is 1. The normalized spacial score (nSPS) is 22.1. The van der Waals surface area contributed by atoms with Gasteiger partial charge in [-0.2, -0.15) is 11.3 Å². The fraction of sp³-hybridized carbons (Fsp3) is 0.231. The predicted molar refractivity (Wildman–Crippen MR) is 68.5 cm³/mol. The van der Waals surface area contributed by atoms with Gasteiger partial charge in [0, 0.05) is 10.6 Å². The first-order valence-electron chi connectivity index (χ1n) is 5.34. The number of rotatable bonds is 3. The van der Waals surface area contributed by atoms with Crippen LogP contribution < -0.4 is 0 Å². The summed E-state index contributed by atoms with van der Waals surface area (Å²) in [5, 5.41) is 15.5. The van der Waals surface area contributed by atoms with Gasteiger partial charge in [-0.25, -0.2) is 0 Å². The Kier molecular flexibility index (Phi) is 2.71. The minimum Gasteiger partial charge on any atom is -0.378 e. The van der Waals surface area contributed by atoms with Gasteiger partial charge in [0.25, 0.3) is 0 Å². The van der Waals surface area contributed by atoms with E-state index in [0.717, 1.165) is 11.1 Å². The zero-order chi connectivity index (χ0) is 11.9. The molecule has 88 valence electrons. The van der Waals surface area contributed by atoms with E-state index in [1.807, 2.05) is 29.0 Å². The average molecular weight is 267 g/mol. The highest BCUT2D eigenvalue weighted by atomic mass is 35.5. The third-order valence-electron chi connectivity index (χ3n) is 3.04. The molecule has 1 aromatic carbocycles. The molecule has 0 radical (unpaired) electrons. The number of halogens is 1. The van der Waals surface area contributed by atoms with E-state index in [1.54, 1.807) is 23.5 Å². The lowest BCUT2D eigenvalue weighted by molar-refractivity contribution is 0.0482. The van der Waals surface area contributed by atoms with Crippen LogP contribution in [0.5, 0.6) is 0 Å². The smallest absolute Gasteiger partial charge is 0.144 e. The van der Waals surface area contributed by atoms with Crippen molar-refractivity contribution in [2.24, 2.45) is 0 Å². The zero-order valence-corrected chi connectivity index (χ0v) is 10.5. The van der Waals surface area contributed by atoms with Gasteiger partial charge in [-0.3, -0.25) is 0 Å². The van der Waals surface area contributed by atoms with Crippen molar-refractivity contribution < 1.29 is 9.84 Å². The Morgan fingerprint density at radius 1 is 1.24 bits per heavy atom. The minimum atomic E-state index is -1.05. The van der Waals surface area contributed by atoms with Crippen LogP contribution in [0.4, 0.5) is 0 Å².